The summed E-state index contributed by atoms with van der Waals surface area (Å²) >= 11 is 0. The smallest absolute Gasteiger partial charge is 0.333 e. The zero-order valence-electron chi connectivity index (χ0n) is 11.0. The molecule has 0 saturated heterocycles. The van der Waals surface area contributed by atoms with Gasteiger partial charge in [0.2, 0.25) is 5.82 Å². The first-order valence-corrected chi connectivity index (χ1v) is 5.71. The van der Waals surface area contributed by atoms with Gasteiger partial charge in [0.1, 0.15) is 5.69 Å². The highest BCUT2D eigenvalue weighted by Crippen LogP contribution is 2.33. The van der Waals surface area contributed by atoms with Gasteiger partial charge in [0.25, 0.3) is 0 Å². The molecule has 0 saturated carbocycles. The van der Waals surface area contributed by atoms with Crippen molar-refractivity contribution in [3.05, 3.63) is 15.8 Å². The van der Waals surface area contributed by atoms with Crippen molar-refractivity contribution in [2.24, 2.45) is 0 Å². The highest BCUT2D eigenvalue weighted by atomic mass is 16.6. The van der Waals surface area contributed by atoms with Crippen LogP contribution in [0.15, 0.2) is 0 Å². The van der Waals surface area contributed by atoms with Crippen LogP contribution in [-0.4, -0.2) is 28.3 Å². The van der Waals surface area contributed by atoms with E-state index in [-0.39, 0.29) is 11.7 Å². The minimum absolute atomic E-state index is 0.0177. The van der Waals surface area contributed by atoms with E-state index < -0.39 is 4.92 Å². The Bertz CT molecular complexity index is 486. The third-order valence-electron chi connectivity index (χ3n) is 2.62. The minimum atomic E-state index is -0.417. The topological polar surface area (TPSA) is 88.0 Å². The van der Waals surface area contributed by atoms with E-state index in [9.17, 15) is 10.1 Å². The standard InChI is InChI=1S/C11H17N5O2/c1-8(2)15-11(14(4)7-5-6-12)10(16(17)18)9(3)13-15/h8H,5,7H2,1-4H3. The summed E-state index contributed by atoms with van der Waals surface area (Å²) in [6.07, 6.45) is 0.315. The lowest BCUT2D eigenvalue weighted by atomic mass is 10.3. The van der Waals surface area contributed by atoms with Crippen molar-refractivity contribution in [3.63, 3.8) is 0 Å². The molecule has 0 N–H and O–H groups in total. The van der Waals surface area contributed by atoms with Crippen LogP contribution in [0.5, 0.6) is 0 Å². The quantitative estimate of drug-likeness (QED) is 0.590. The largest absolute Gasteiger partial charge is 0.353 e. The van der Waals surface area contributed by atoms with Crippen molar-refractivity contribution < 1.29 is 4.92 Å². The lowest BCUT2D eigenvalue weighted by molar-refractivity contribution is -0.384. The Morgan fingerprint density at radius 2 is 2.22 bits per heavy atom. The van der Waals surface area contributed by atoms with Gasteiger partial charge in [-0.05, 0) is 20.8 Å². The Hall–Kier alpha value is -2.10. The molecular weight excluding hydrogens is 234 g/mol. The van der Waals surface area contributed by atoms with Crippen LogP contribution in [0.2, 0.25) is 0 Å². The maximum absolute atomic E-state index is 11.1. The summed E-state index contributed by atoms with van der Waals surface area (Å²) in [6, 6.07) is 2.06. The lowest BCUT2D eigenvalue weighted by Gasteiger charge is -2.19. The summed E-state index contributed by atoms with van der Waals surface area (Å²) in [7, 11) is 1.74. The van der Waals surface area contributed by atoms with Crippen LogP contribution in [0.25, 0.3) is 0 Å². The summed E-state index contributed by atoms with van der Waals surface area (Å²) < 4.78 is 1.63. The number of rotatable bonds is 5. The Morgan fingerprint density at radius 3 is 2.67 bits per heavy atom. The number of hydrogen-bond acceptors (Lipinski definition) is 5. The number of anilines is 1. The third-order valence-corrected chi connectivity index (χ3v) is 2.62. The van der Waals surface area contributed by atoms with Gasteiger partial charge in [0.05, 0.1) is 17.4 Å². The van der Waals surface area contributed by atoms with E-state index in [4.69, 9.17) is 5.26 Å². The molecule has 0 aromatic carbocycles. The number of hydrogen-bond donors (Lipinski definition) is 0. The molecule has 0 aliphatic carbocycles. The molecule has 0 atom stereocenters. The molecule has 0 fully saturated rings. The second kappa shape index (κ2) is 5.49. The molecule has 0 bridgehead atoms. The van der Waals surface area contributed by atoms with Gasteiger partial charge in [-0.15, -0.1) is 0 Å². The summed E-state index contributed by atoms with van der Waals surface area (Å²) in [6.45, 7) is 5.89. The maximum Gasteiger partial charge on any atom is 0.333 e. The Morgan fingerprint density at radius 1 is 1.61 bits per heavy atom. The Kier molecular flexibility index (Phi) is 4.26. The van der Waals surface area contributed by atoms with Crippen molar-refractivity contribution in [2.45, 2.75) is 33.2 Å². The van der Waals surface area contributed by atoms with E-state index >= 15 is 0 Å². The van der Waals surface area contributed by atoms with Crippen LogP contribution in [0.3, 0.4) is 0 Å². The van der Waals surface area contributed by atoms with E-state index in [1.807, 2.05) is 19.9 Å². The van der Waals surface area contributed by atoms with Gasteiger partial charge >= 0.3 is 5.69 Å². The van der Waals surface area contributed by atoms with Crippen LogP contribution in [0.1, 0.15) is 32.0 Å². The molecule has 1 heterocycles. The molecule has 18 heavy (non-hydrogen) atoms. The first kappa shape index (κ1) is 14.0. The summed E-state index contributed by atoms with van der Waals surface area (Å²) in [5, 5.41) is 23.9. The molecule has 0 radical (unpaired) electrons. The molecule has 0 aliphatic heterocycles. The fourth-order valence-electron chi connectivity index (χ4n) is 1.78. The van der Waals surface area contributed by atoms with Crippen molar-refractivity contribution >= 4 is 11.5 Å². The fraction of sp³-hybridized carbons (Fsp3) is 0.636. The van der Waals surface area contributed by atoms with Crippen LogP contribution in [-0.2, 0) is 0 Å². The number of nitro groups is 1. The molecule has 0 spiro atoms. The molecule has 7 nitrogen and oxygen atoms in total. The molecule has 0 unspecified atom stereocenters. The predicted molar refractivity (Wildman–Crippen MR) is 67.5 cm³/mol. The number of aromatic nitrogens is 2. The summed E-state index contributed by atoms with van der Waals surface area (Å²) in [4.78, 5) is 12.4. The van der Waals surface area contributed by atoms with Crippen LogP contribution in [0, 0.1) is 28.4 Å². The van der Waals surface area contributed by atoms with E-state index in [0.29, 0.717) is 24.5 Å². The van der Waals surface area contributed by atoms with Gasteiger partial charge in [-0.3, -0.25) is 10.1 Å². The average Bonchev–Trinajstić information content (AvgIpc) is 2.63. The second-order valence-corrected chi connectivity index (χ2v) is 4.38. The third kappa shape index (κ3) is 2.59. The van der Waals surface area contributed by atoms with E-state index in [2.05, 4.69) is 5.10 Å². The molecule has 1 aromatic heterocycles. The molecule has 0 amide bonds. The highest BCUT2D eigenvalue weighted by molar-refractivity contribution is 5.61. The van der Waals surface area contributed by atoms with Crippen molar-refractivity contribution in [3.8, 4) is 6.07 Å². The normalized spacial score (nSPS) is 10.4. The Balaban J connectivity index is 3.28. The minimum Gasteiger partial charge on any atom is -0.353 e. The van der Waals surface area contributed by atoms with Gasteiger partial charge in [-0.25, -0.2) is 4.68 Å². The second-order valence-electron chi connectivity index (χ2n) is 4.38. The number of nitriles is 1. The van der Waals surface area contributed by atoms with Crippen LogP contribution in [0.4, 0.5) is 11.5 Å². The number of nitrogens with zero attached hydrogens (tertiary/aromatic N) is 5. The molecule has 0 aliphatic rings. The highest BCUT2D eigenvalue weighted by Gasteiger charge is 2.28. The summed E-state index contributed by atoms with van der Waals surface area (Å²) in [5.41, 5.74) is 0.414. The van der Waals surface area contributed by atoms with Crippen LogP contribution < -0.4 is 4.90 Å². The fourth-order valence-corrected chi connectivity index (χ4v) is 1.78. The lowest BCUT2D eigenvalue weighted by Crippen LogP contribution is -2.23. The predicted octanol–water partition coefficient (Wildman–Crippen LogP) is 2.03. The first-order chi connectivity index (χ1) is 8.40. The zero-order valence-corrected chi connectivity index (χ0v) is 11.0. The van der Waals surface area contributed by atoms with Gasteiger partial charge in [-0.2, -0.15) is 10.4 Å². The average molecular weight is 251 g/mol. The van der Waals surface area contributed by atoms with Gasteiger partial charge in [0, 0.05) is 19.6 Å². The molecule has 1 aromatic rings. The van der Waals surface area contributed by atoms with Gasteiger partial charge in [-0.1, -0.05) is 0 Å². The Labute approximate surface area is 106 Å². The first-order valence-electron chi connectivity index (χ1n) is 5.71. The molecule has 1 rings (SSSR count). The van der Waals surface area contributed by atoms with Crippen LogP contribution >= 0.6 is 0 Å². The van der Waals surface area contributed by atoms with Crippen molar-refractivity contribution in [2.75, 3.05) is 18.5 Å². The molecule has 7 heteroatoms. The van der Waals surface area contributed by atoms with E-state index in [1.165, 1.54) is 0 Å². The van der Waals surface area contributed by atoms with Gasteiger partial charge < -0.3 is 4.90 Å². The van der Waals surface area contributed by atoms with Crippen molar-refractivity contribution in [1.29, 1.82) is 5.26 Å². The molecule has 98 valence electrons. The van der Waals surface area contributed by atoms with Crippen molar-refractivity contribution in [1.82, 2.24) is 9.78 Å². The van der Waals surface area contributed by atoms with Gasteiger partial charge in [0.15, 0.2) is 0 Å². The number of aryl methyl sites for hydroxylation is 1. The maximum atomic E-state index is 11.1. The summed E-state index contributed by atoms with van der Waals surface area (Å²) in [5.74, 6) is 0.461. The monoisotopic (exact) mass is 251 g/mol. The van der Waals surface area contributed by atoms with E-state index in [0.717, 1.165) is 0 Å². The zero-order chi connectivity index (χ0) is 13.9. The molecular formula is C11H17N5O2. The SMILES string of the molecule is Cc1nn(C(C)C)c(N(C)CCC#N)c1[N+](=O)[O-]. The van der Waals surface area contributed by atoms with E-state index in [1.54, 1.807) is 23.6 Å².